The summed E-state index contributed by atoms with van der Waals surface area (Å²) in [4.78, 5) is 22.0. The van der Waals surface area contributed by atoms with Crippen LogP contribution in [0, 0.1) is 11.6 Å². The van der Waals surface area contributed by atoms with Gasteiger partial charge >= 0.3 is 5.69 Å². The number of nitrogens with one attached hydrogen (secondary N) is 2. The van der Waals surface area contributed by atoms with Crippen molar-refractivity contribution in [2.24, 2.45) is 0 Å². The first kappa shape index (κ1) is 37.7. The van der Waals surface area contributed by atoms with Crippen molar-refractivity contribution in [1.29, 1.82) is 0 Å². The van der Waals surface area contributed by atoms with Crippen LogP contribution in [0.2, 0.25) is 0 Å². The average Bonchev–Trinajstić information content (AvgIpc) is 3.98. The van der Waals surface area contributed by atoms with Crippen molar-refractivity contribution in [3.63, 3.8) is 0 Å². The highest BCUT2D eigenvalue weighted by atomic mass is 19.1. The second-order valence-electron chi connectivity index (χ2n) is 14.4. The number of hydrazine groups is 1. The van der Waals surface area contributed by atoms with Crippen molar-refractivity contribution in [3.05, 3.63) is 113 Å². The molecule has 5 heterocycles. The van der Waals surface area contributed by atoms with Gasteiger partial charge in [0.15, 0.2) is 0 Å². The lowest BCUT2D eigenvalue weighted by Crippen LogP contribution is -2.54. The molecule has 3 aliphatic heterocycles. The molecule has 0 aliphatic carbocycles. The van der Waals surface area contributed by atoms with Gasteiger partial charge in [-0.05, 0) is 74.5 Å². The van der Waals surface area contributed by atoms with Gasteiger partial charge in [0, 0.05) is 81.4 Å². The molecule has 0 spiro atoms. The Hall–Kier alpha value is -5.20. The highest BCUT2D eigenvalue weighted by molar-refractivity contribution is 5.54. The number of ether oxygens (including phenoxy) is 3. The molecule has 3 fully saturated rings. The molecule has 0 saturated carbocycles. The standard InChI is InChI=1S/C39H47F2N11O4/c1-28(46-49-15-13-42-14-16-49)29(2)52-38(53)51(27-45-52)33-6-4-31(5-7-33)47-17-19-48(20-18-47)32-8-10-34(11-9-32)54-22-35-23-55-39(56-35,24-50-26-43-25-44-50)36-12-3-30(40)21-37(36)41/h3-12,21,25-29,35,42,46H,13-20,22-24H2,1-2H3. The van der Waals surface area contributed by atoms with E-state index in [4.69, 9.17) is 14.2 Å². The summed E-state index contributed by atoms with van der Waals surface area (Å²) < 4.78 is 51.6. The van der Waals surface area contributed by atoms with E-state index in [-0.39, 0.29) is 43.1 Å². The lowest BCUT2D eigenvalue weighted by molar-refractivity contribution is -0.192. The summed E-state index contributed by atoms with van der Waals surface area (Å²) in [5.74, 6) is -2.31. The van der Waals surface area contributed by atoms with Crippen molar-refractivity contribution >= 4 is 11.4 Å². The third-order valence-electron chi connectivity index (χ3n) is 10.8. The van der Waals surface area contributed by atoms with Crippen molar-refractivity contribution < 1.29 is 23.0 Å². The molecule has 296 valence electrons. The molecule has 56 heavy (non-hydrogen) atoms. The van der Waals surface area contributed by atoms with Crippen LogP contribution in [0.15, 0.2) is 90.5 Å². The lowest BCUT2D eigenvalue weighted by atomic mass is 10.0. The van der Waals surface area contributed by atoms with Crippen molar-refractivity contribution in [3.8, 4) is 11.4 Å². The van der Waals surface area contributed by atoms with Crippen LogP contribution in [0.5, 0.6) is 5.75 Å². The number of rotatable bonds is 13. The van der Waals surface area contributed by atoms with Crippen molar-refractivity contribution in [1.82, 2.24) is 44.9 Å². The van der Waals surface area contributed by atoms with E-state index in [9.17, 15) is 13.6 Å². The number of halogens is 2. The van der Waals surface area contributed by atoms with Crippen LogP contribution >= 0.6 is 0 Å². The second kappa shape index (κ2) is 16.5. The normalized spacial score (nSPS) is 21.7. The SMILES string of the molecule is CC(NN1CCNCC1)C(C)n1ncn(-c2ccc(N3CCN(c4ccc(OCC5COC(Cn6cncn6)(c6ccc(F)cc6F)O5)cc4)CC3)cc2)c1=O. The number of hydrogen-bond donors (Lipinski definition) is 2. The van der Waals surface area contributed by atoms with E-state index >= 15 is 0 Å². The van der Waals surface area contributed by atoms with Crippen molar-refractivity contribution in [2.75, 3.05) is 75.4 Å². The van der Waals surface area contributed by atoms with Crippen LogP contribution in [0.25, 0.3) is 5.69 Å². The van der Waals surface area contributed by atoms with E-state index < -0.39 is 23.5 Å². The Morgan fingerprint density at radius 2 is 1.57 bits per heavy atom. The zero-order valence-electron chi connectivity index (χ0n) is 31.5. The minimum Gasteiger partial charge on any atom is -0.491 e. The second-order valence-corrected chi connectivity index (χ2v) is 14.4. The maximum absolute atomic E-state index is 14.9. The molecule has 0 radical (unpaired) electrons. The molecular formula is C39H47F2N11O4. The molecule has 0 amide bonds. The van der Waals surface area contributed by atoms with E-state index in [0.717, 1.165) is 75.5 Å². The predicted octanol–water partition coefficient (Wildman–Crippen LogP) is 2.94. The molecule has 4 atom stereocenters. The quantitative estimate of drug-likeness (QED) is 0.183. The number of piperazine rings is 2. The zero-order chi connectivity index (χ0) is 38.6. The summed E-state index contributed by atoms with van der Waals surface area (Å²) >= 11 is 0. The topological polar surface area (TPSA) is 132 Å². The summed E-state index contributed by atoms with van der Waals surface area (Å²) in [6, 6.07) is 19.2. The fourth-order valence-corrected chi connectivity index (χ4v) is 7.45. The van der Waals surface area contributed by atoms with Gasteiger partial charge in [0.05, 0.1) is 18.3 Å². The van der Waals surface area contributed by atoms with Gasteiger partial charge in [-0.25, -0.2) is 37.5 Å². The van der Waals surface area contributed by atoms with Gasteiger partial charge in [-0.3, -0.25) is 5.43 Å². The maximum atomic E-state index is 14.9. The van der Waals surface area contributed by atoms with Gasteiger partial charge in [-0.15, -0.1) is 0 Å². The smallest absolute Gasteiger partial charge is 0.350 e. The summed E-state index contributed by atoms with van der Waals surface area (Å²) in [5, 5.41) is 14.1. The molecule has 3 saturated heterocycles. The average molecular weight is 772 g/mol. The Balaban J connectivity index is 0.825. The lowest BCUT2D eigenvalue weighted by Gasteiger charge is -2.37. The van der Waals surface area contributed by atoms with Gasteiger partial charge < -0.3 is 29.3 Å². The summed E-state index contributed by atoms with van der Waals surface area (Å²) in [6.07, 6.45) is 3.94. The Morgan fingerprint density at radius 1 is 0.893 bits per heavy atom. The molecule has 0 bridgehead atoms. The highest BCUT2D eigenvalue weighted by Gasteiger charge is 2.46. The van der Waals surface area contributed by atoms with Crippen LogP contribution in [-0.2, 0) is 21.8 Å². The van der Waals surface area contributed by atoms with E-state index in [1.807, 2.05) is 43.3 Å². The maximum Gasteiger partial charge on any atom is 0.350 e. The number of hydrogen-bond acceptors (Lipinski definition) is 12. The van der Waals surface area contributed by atoms with Crippen LogP contribution in [0.4, 0.5) is 20.2 Å². The molecule has 3 aliphatic rings. The molecule has 3 aromatic carbocycles. The van der Waals surface area contributed by atoms with Gasteiger partial charge in [0.1, 0.15) is 55.6 Å². The molecule has 17 heteroatoms. The van der Waals surface area contributed by atoms with E-state index in [1.165, 1.54) is 29.5 Å². The Bertz CT molecular complexity index is 2100. The largest absolute Gasteiger partial charge is 0.491 e. The molecular weight excluding hydrogens is 724 g/mol. The van der Waals surface area contributed by atoms with Gasteiger partial charge in [0.25, 0.3) is 0 Å². The highest BCUT2D eigenvalue weighted by Crippen LogP contribution is 2.38. The van der Waals surface area contributed by atoms with E-state index in [2.05, 4.69) is 59.8 Å². The minimum absolute atomic E-state index is 0.0299. The summed E-state index contributed by atoms with van der Waals surface area (Å²) in [7, 11) is 0. The predicted molar refractivity (Wildman–Crippen MR) is 205 cm³/mol. The minimum atomic E-state index is -1.52. The van der Waals surface area contributed by atoms with Gasteiger partial charge in [0.2, 0.25) is 5.79 Å². The first-order valence-electron chi connectivity index (χ1n) is 19.1. The molecule has 2 N–H and O–H groups in total. The van der Waals surface area contributed by atoms with E-state index in [1.54, 1.807) is 15.6 Å². The first-order valence-corrected chi connectivity index (χ1v) is 19.1. The fourth-order valence-electron chi connectivity index (χ4n) is 7.45. The Labute approximate surface area is 323 Å². The van der Waals surface area contributed by atoms with Crippen LogP contribution in [-0.4, -0.2) is 112 Å². The Kier molecular flexibility index (Phi) is 11.1. The number of benzene rings is 3. The van der Waals surface area contributed by atoms with Crippen LogP contribution in [0.1, 0.15) is 25.5 Å². The van der Waals surface area contributed by atoms with Crippen LogP contribution in [0.3, 0.4) is 0 Å². The summed E-state index contributed by atoms with van der Waals surface area (Å²) in [6.45, 7) is 11.5. The monoisotopic (exact) mass is 771 g/mol. The fraction of sp³-hybridized carbons (Fsp3) is 0.436. The number of aromatic nitrogens is 6. The third-order valence-corrected chi connectivity index (χ3v) is 10.8. The molecule has 8 rings (SSSR count). The number of nitrogens with zero attached hydrogens (tertiary/aromatic N) is 9. The molecule has 15 nitrogen and oxygen atoms in total. The molecule has 4 unspecified atom stereocenters. The van der Waals surface area contributed by atoms with Crippen LogP contribution < -0.4 is 31.0 Å². The Morgan fingerprint density at radius 3 is 2.23 bits per heavy atom. The zero-order valence-corrected chi connectivity index (χ0v) is 31.5. The molecule has 2 aromatic heterocycles. The summed E-state index contributed by atoms with van der Waals surface area (Å²) in [5.41, 5.74) is 6.41. The molecule has 5 aromatic rings. The third kappa shape index (κ3) is 8.17. The van der Waals surface area contributed by atoms with E-state index in [0.29, 0.717) is 5.75 Å². The van der Waals surface area contributed by atoms with Gasteiger partial charge in [-0.1, -0.05) is 0 Å². The first-order chi connectivity index (χ1) is 27.2. The van der Waals surface area contributed by atoms with Crippen molar-refractivity contribution in [2.45, 2.75) is 44.4 Å². The van der Waals surface area contributed by atoms with Gasteiger partial charge in [-0.2, -0.15) is 10.2 Å². The number of anilines is 2.